The molecule has 0 aromatic carbocycles. The zero-order valence-corrected chi connectivity index (χ0v) is 18.0. The van der Waals surface area contributed by atoms with Gasteiger partial charge in [0.2, 0.25) is 11.0 Å². The number of carbonyl (C=O) groups is 1. The van der Waals surface area contributed by atoms with Crippen LogP contribution >= 0.6 is 34.4 Å². The summed E-state index contributed by atoms with van der Waals surface area (Å²) in [5, 5.41) is 23.7. The summed E-state index contributed by atoms with van der Waals surface area (Å²) in [6.45, 7) is 7.00. The van der Waals surface area contributed by atoms with Crippen LogP contribution in [0.3, 0.4) is 0 Å². The maximum Gasteiger partial charge on any atom is 0.236 e. The Hall–Kier alpha value is -1.78. The van der Waals surface area contributed by atoms with E-state index < -0.39 is 0 Å². The molecule has 3 aromatic heterocycles. The van der Waals surface area contributed by atoms with Gasteiger partial charge in [-0.1, -0.05) is 43.4 Å². The van der Waals surface area contributed by atoms with Gasteiger partial charge in [0.05, 0.1) is 5.75 Å². The Morgan fingerprint density at radius 3 is 2.78 bits per heavy atom. The molecule has 0 aliphatic rings. The Balaban J connectivity index is 1.64. The smallest absolute Gasteiger partial charge is 0.236 e. The maximum absolute atomic E-state index is 12.2. The second-order valence-corrected chi connectivity index (χ2v) is 8.79. The number of thioether (sulfide) groups is 1. The summed E-state index contributed by atoms with van der Waals surface area (Å²) in [5.74, 6) is 0.992. The first-order valence-corrected chi connectivity index (χ1v) is 11.6. The molecule has 3 aromatic rings. The Kier molecular flexibility index (Phi) is 6.97. The highest BCUT2D eigenvalue weighted by Crippen LogP contribution is 2.28. The number of aromatic nitrogens is 5. The highest BCUT2D eigenvalue weighted by molar-refractivity contribution is 7.99. The molecular formula is C17H22N6OS3. The van der Waals surface area contributed by atoms with Gasteiger partial charge in [-0.2, -0.15) is 0 Å². The van der Waals surface area contributed by atoms with Gasteiger partial charge >= 0.3 is 0 Å². The molecule has 3 heterocycles. The third-order valence-corrected chi connectivity index (χ3v) is 6.74. The molecule has 0 bridgehead atoms. The molecule has 0 saturated heterocycles. The SMILES string of the molecule is CCCc1cc(-c2nnc(SCC(=O)Nc3nnc(CC)s3)n2CC)cs1. The van der Waals surface area contributed by atoms with Crippen LogP contribution in [0.15, 0.2) is 16.6 Å². The van der Waals surface area contributed by atoms with E-state index in [1.54, 1.807) is 11.3 Å². The van der Waals surface area contributed by atoms with Crippen molar-refractivity contribution >= 4 is 45.5 Å². The van der Waals surface area contributed by atoms with Crippen LogP contribution in [-0.4, -0.2) is 36.6 Å². The van der Waals surface area contributed by atoms with E-state index in [0.29, 0.717) is 5.13 Å². The Bertz CT molecular complexity index is 900. The summed E-state index contributed by atoms with van der Waals surface area (Å²) >= 11 is 4.54. The molecule has 0 atom stereocenters. The second kappa shape index (κ2) is 9.43. The number of hydrogen-bond donors (Lipinski definition) is 1. The van der Waals surface area contributed by atoms with Gasteiger partial charge in [-0.3, -0.25) is 10.1 Å². The highest BCUT2D eigenvalue weighted by Gasteiger charge is 2.16. The van der Waals surface area contributed by atoms with Gasteiger partial charge in [0, 0.05) is 22.4 Å². The van der Waals surface area contributed by atoms with Crippen LogP contribution in [-0.2, 0) is 24.2 Å². The van der Waals surface area contributed by atoms with Gasteiger partial charge in [0.25, 0.3) is 0 Å². The zero-order chi connectivity index (χ0) is 19.2. The predicted molar refractivity (Wildman–Crippen MR) is 112 cm³/mol. The van der Waals surface area contributed by atoms with Gasteiger partial charge in [-0.15, -0.1) is 31.7 Å². The fourth-order valence-corrected chi connectivity index (χ4v) is 4.97. The molecule has 0 fully saturated rings. The average molecular weight is 423 g/mol. The van der Waals surface area contributed by atoms with Crippen molar-refractivity contribution < 1.29 is 4.79 Å². The number of thiophene rings is 1. The molecular weight excluding hydrogens is 400 g/mol. The minimum absolute atomic E-state index is 0.119. The molecule has 0 spiro atoms. The van der Waals surface area contributed by atoms with Crippen LogP contribution in [0.4, 0.5) is 5.13 Å². The van der Waals surface area contributed by atoms with Crippen molar-refractivity contribution in [3.05, 3.63) is 21.3 Å². The van der Waals surface area contributed by atoms with Crippen LogP contribution in [0, 0.1) is 0 Å². The van der Waals surface area contributed by atoms with Crippen molar-refractivity contribution in [3.8, 4) is 11.4 Å². The fourth-order valence-electron chi connectivity index (χ4n) is 2.50. The van der Waals surface area contributed by atoms with Gasteiger partial charge in [0.1, 0.15) is 5.01 Å². The average Bonchev–Trinajstić information content (AvgIpc) is 3.39. The van der Waals surface area contributed by atoms with Crippen molar-refractivity contribution in [2.45, 2.75) is 51.7 Å². The van der Waals surface area contributed by atoms with Crippen molar-refractivity contribution in [2.75, 3.05) is 11.1 Å². The number of rotatable bonds is 9. The maximum atomic E-state index is 12.2. The summed E-state index contributed by atoms with van der Waals surface area (Å²) < 4.78 is 2.05. The summed E-state index contributed by atoms with van der Waals surface area (Å²) in [5.41, 5.74) is 1.09. The molecule has 10 heteroatoms. The second-order valence-electron chi connectivity index (χ2n) is 5.79. The Morgan fingerprint density at radius 2 is 2.07 bits per heavy atom. The summed E-state index contributed by atoms with van der Waals surface area (Å²) in [7, 11) is 0. The molecule has 0 aliphatic carbocycles. The molecule has 144 valence electrons. The molecule has 1 N–H and O–H groups in total. The lowest BCUT2D eigenvalue weighted by Gasteiger charge is -2.06. The van der Waals surface area contributed by atoms with E-state index >= 15 is 0 Å². The minimum atomic E-state index is -0.119. The summed E-state index contributed by atoms with van der Waals surface area (Å²) in [6, 6.07) is 2.19. The number of anilines is 1. The number of nitrogens with one attached hydrogen (secondary N) is 1. The first-order valence-electron chi connectivity index (χ1n) is 8.90. The Labute approximate surface area is 170 Å². The van der Waals surface area contributed by atoms with E-state index in [1.165, 1.54) is 28.0 Å². The van der Waals surface area contributed by atoms with Crippen LogP contribution in [0.1, 0.15) is 37.1 Å². The topological polar surface area (TPSA) is 85.6 Å². The third kappa shape index (κ3) is 4.94. The lowest BCUT2D eigenvalue weighted by Crippen LogP contribution is -2.14. The van der Waals surface area contributed by atoms with E-state index in [1.807, 2.05) is 6.92 Å². The van der Waals surface area contributed by atoms with E-state index in [4.69, 9.17) is 0 Å². The Morgan fingerprint density at radius 1 is 1.22 bits per heavy atom. The standard InChI is InChI=1S/C17H22N6OS3/c1-4-7-12-8-11(9-25-12)15-20-22-17(23(15)6-3)26-10-13(24)18-16-21-19-14(5-2)27-16/h8-9H,4-7,10H2,1-3H3,(H,18,21,24). The zero-order valence-electron chi connectivity index (χ0n) is 15.6. The normalized spacial score (nSPS) is 11.1. The number of aryl methyl sites for hydroxylation is 2. The molecule has 0 unspecified atom stereocenters. The predicted octanol–water partition coefficient (Wildman–Crippen LogP) is 4.12. The van der Waals surface area contributed by atoms with E-state index in [2.05, 4.69) is 55.6 Å². The van der Waals surface area contributed by atoms with Gasteiger partial charge < -0.3 is 4.57 Å². The van der Waals surface area contributed by atoms with Crippen molar-refractivity contribution in [2.24, 2.45) is 0 Å². The monoisotopic (exact) mass is 422 g/mol. The highest BCUT2D eigenvalue weighted by atomic mass is 32.2. The summed E-state index contributed by atoms with van der Waals surface area (Å²) in [6.07, 6.45) is 3.02. The fraction of sp³-hybridized carbons (Fsp3) is 0.471. The first kappa shape index (κ1) is 20.0. The first-order chi connectivity index (χ1) is 13.1. The molecule has 3 rings (SSSR count). The van der Waals surface area contributed by atoms with Crippen LogP contribution in [0.5, 0.6) is 0 Å². The minimum Gasteiger partial charge on any atom is -0.302 e. The van der Waals surface area contributed by atoms with Crippen LogP contribution in [0.2, 0.25) is 0 Å². The van der Waals surface area contributed by atoms with Crippen molar-refractivity contribution in [1.29, 1.82) is 0 Å². The van der Waals surface area contributed by atoms with Gasteiger partial charge in [0.15, 0.2) is 11.0 Å². The van der Waals surface area contributed by atoms with Gasteiger partial charge in [-0.05, 0) is 25.8 Å². The van der Waals surface area contributed by atoms with E-state index in [-0.39, 0.29) is 11.7 Å². The molecule has 0 saturated carbocycles. The molecule has 0 aliphatic heterocycles. The molecule has 0 radical (unpaired) electrons. The molecule has 1 amide bonds. The lowest BCUT2D eigenvalue weighted by atomic mass is 10.2. The number of nitrogens with zero attached hydrogens (tertiary/aromatic N) is 5. The number of amides is 1. The van der Waals surface area contributed by atoms with Crippen molar-refractivity contribution in [3.63, 3.8) is 0 Å². The number of hydrogen-bond acceptors (Lipinski definition) is 8. The molecule has 7 nitrogen and oxygen atoms in total. The largest absolute Gasteiger partial charge is 0.302 e. The quantitative estimate of drug-likeness (QED) is 0.522. The third-order valence-electron chi connectivity index (χ3n) is 3.79. The van der Waals surface area contributed by atoms with Crippen LogP contribution in [0.25, 0.3) is 11.4 Å². The number of carbonyl (C=O) groups excluding carboxylic acids is 1. The van der Waals surface area contributed by atoms with E-state index in [9.17, 15) is 4.79 Å². The summed E-state index contributed by atoms with van der Waals surface area (Å²) in [4.78, 5) is 13.5. The van der Waals surface area contributed by atoms with E-state index in [0.717, 1.165) is 47.4 Å². The van der Waals surface area contributed by atoms with Crippen molar-refractivity contribution in [1.82, 2.24) is 25.0 Å². The molecule has 27 heavy (non-hydrogen) atoms. The van der Waals surface area contributed by atoms with Gasteiger partial charge in [-0.25, -0.2) is 0 Å². The lowest BCUT2D eigenvalue weighted by molar-refractivity contribution is -0.113. The van der Waals surface area contributed by atoms with Crippen LogP contribution < -0.4 is 5.32 Å².